The molecular weight excluding hydrogens is 315 g/mol. The first-order valence-electron chi connectivity index (χ1n) is 7.16. The SMILES string of the molecule is C=CCn1c(COc2ccccc2F)nnc1SCCCC#N. The van der Waals surface area contributed by atoms with Crippen molar-refractivity contribution < 1.29 is 9.13 Å². The molecule has 1 aromatic heterocycles. The Morgan fingerprint density at radius 2 is 2.22 bits per heavy atom. The number of hydrogen-bond acceptors (Lipinski definition) is 5. The first-order chi connectivity index (χ1) is 11.3. The number of rotatable bonds is 9. The molecule has 2 rings (SSSR count). The van der Waals surface area contributed by atoms with Gasteiger partial charge in [-0.25, -0.2) is 4.39 Å². The summed E-state index contributed by atoms with van der Waals surface area (Å²) in [5.41, 5.74) is 0. The minimum Gasteiger partial charge on any atom is -0.483 e. The Morgan fingerprint density at radius 3 is 2.96 bits per heavy atom. The summed E-state index contributed by atoms with van der Waals surface area (Å²) in [4.78, 5) is 0. The monoisotopic (exact) mass is 332 g/mol. The predicted octanol–water partition coefficient (Wildman–Crippen LogP) is 3.58. The fourth-order valence-electron chi connectivity index (χ4n) is 1.86. The lowest BCUT2D eigenvalue weighted by atomic mass is 10.3. The molecule has 0 unspecified atom stereocenters. The molecule has 7 heteroatoms. The van der Waals surface area contributed by atoms with Crippen LogP contribution in [-0.4, -0.2) is 20.5 Å². The van der Waals surface area contributed by atoms with Crippen LogP contribution in [0.4, 0.5) is 4.39 Å². The molecule has 120 valence electrons. The zero-order valence-electron chi connectivity index (χ0n) is 12.6. The minimum atomic E-state index is -0.409. The molecule has 1 heterocycles. The van der Waals surface area contributed by atoms with Crippen molar-refractivity contribution in [2.24, 2.45) is 0 Å². The number of nitriles is 1. The van der Waals surface area contributed by atoms with Crippen LogP contribution in [0.1, 0.15) is 18.7 Å². The number of halogens is 1. The first-order valence-corrected chi connectivity index (χ1v) is 8.15. The number of ether oxygens (including phenoxy) is 1. The van der Waals surface area contributed by atoms with Crippen LogP contribution in [0.15, 0.2) is 42.1 Å². The maximum atomic E-state index is 13.6. The molecule has 0 spiro atoms. The van der Waals surface area contributed by atoms with Gasteiger partial charge in [-0.15, -0.1) is 16.8 Å². The van der Waals surface area contributed by atoms with Crippen molar-refractivity contribution >= 4 is 11.8 Å². The van der Waals surface area contributed by atoms with E-state index in [1.54, 1.807) is 24.3 Å². The molecule has 0 bridgehead atoms. The van der Waals surface area contributed by atoms with Gasteiger partial charge in [0.15, 0.2) is 22.5 Å². The number of aromatic nitrogens is 3. The Kier molecular flexibility index (Phi) is 6.63. The van der Waals surface area contributed by atoms with Gasteiger partial charge < -0.3 is 4.74 Å². The molecule has 0 aliphatic heterocycles. The van der Waals surface area contributed by atoms with Crippen molar-refractivity contribution in [3.05, 3.63) is 48.6 Å². The molecule has 1 aromatic carbocycles. The lowest BCUT2D eigenvalue weighted by Gasteiger charge is -2.09. The van der Waals surface area contributed by atoms with E-state index in [1.807, 2.05) is 4.57 Å². The average molecular weight is 332 g/mol. The lowest BCUT2D eigenvalue weighted by Crippen LogP contribution is -2.08. The topological polar surface area (TPSA) is 63.7 Å². The third-order valence-corrected chi connectivity index (χ3v) is 4.02. The van der Waals surface area contributed by atoms with Gasteiger partial charge in [-0.1, -0.05) is 30.0 Å². The molecule has 5 nitrogen and oxygen atoms in total. The Balaban J connectivity index is 2.03. The number of allylic oxidation sites excluding steroid dienone is 1. The normalized spacial score (nSPS) is 10.3. The Labute approximate surface area is 138 Å². The molecule has 0 radical (unpaired) electrons. The van der Waals surface area contributed by atoms with Crippen LogP contribution in [0.5, 0.6) is 5.75 Å². The largest absolute Gasteiger partial charge is 0.483 e. The predicted molar refractivity (Wildman–Crippen MR) is 86.5 cm³/mol. The van der Waals surface area contributed by atoms with E-state index in [0.29, 0.717) is 18.8 Å². The second-order valence-electron chi connectivity index (χ2n) is 4.63. The van der Waals surface area contributed by atoms with Gasteiger partial charge in [0.1, 0.15) is 6.61 Å². The number of para-hydroxylation sites is 1. The molecule has 0 saturated carbocycles. The highest BCUT2D eigenvalue weighted by Gasteiger charge is 2.13. The third kappa shape index (κ3) is 4.83. The van der Waals surface area contributed by atoms with Gasteiger partial charge in [0.2, 0.25) is 0 Å². The molecule has 0 saturated heterocycles. The minimum absolute atomic E-state index is 0.126. The fraction of sp³-hybridized carbons (Fsp3) is 0.312. The van der Waals surface area contributed by atoms with Gasteiger partial charge in [0.25, 0.3) is 0 Å². The van der Waals surface area contributed by atoms with E-state index in [2.05, 4.69) is 22.8 Å². The van der Waals surface area contributed by atoms with E-state index >= 15 is 0 Å². The molecule has 0 aliphatic carbocycles. The number of thioether (sulfide) groups is 1. The third-order valence-electron chi connectivity index (χ3n) is 2.96. The van der Waals surface area contributed by atoms with Crippen LogP contribution in [0.2, 0.25) is 0 Å². The van der Waals surface area contributed by atoms with E-state index < -0.39 is 5.82 Å². The van der Waals surface area contributed by atoms with Crippen molar-refractivity contribution in [2.75, 3.05) is 5.75 Å². The molecule has 0 atom stereocenters. The number of benzene rings is 1. The summed E-state index contributed by atoms with van der Waals surface area (Å²) in [5, 5.41) is 17.5. The Bertz CT molecular complexity index is 696. The Hall–Kier alpha value is -2.33. The van der Waals surface area contributed by atoms with Crippen LogP contribution in [0.25, 0.3) is 0 Å². The summed E-state index contributed by atoms with van der Waals surface area (Å²) < 4.78 is 20.9. The van der Waals surface area contributed by atoms with E-state index in [-0.39, 0.29) is 12.4 Å². The van der Waals surface area contributed by atoms with Crippen molar-refractivity contribution in [1.82, 2.24) is 14.8 Å². The van der Waals surface area contributed by atoms with Gasteiger partial charge in [0.05, 0.1) is 6.07 Å². The fourth-order valence-corrected chi connectivity index (χ4v) is 2.77. The molecule has 2 aromatic rings. The summed E-state index contributed by atoms with van der Waals surface area (Å²) in [6, 6.07) is 8.35. The van der Waals surface area contributed by atoms with Gasteiger partial charge in [-0.2, -0.15) is 5.26 Å². The Morgan fingerprint density at radius 1 is 1.39 bits per heavy atom. The standard InChI is InChI=1S/C16H17FN4OS/c1-2-10-21-15(12-22-14-8-4-3-7-13(14)17)19-20-16(21)23-11-6-5-9-18/h2-4,7-8H,1,5-6,10-12H2. The van der Waals surface area contributed by atoms with Crippen LogP contribution < -0.4 is 4.74 Å². The maximum Gasteiger partial charge on any atom is 0.191 e. The second kappa shape index (κ2) is 8.96. The summed E-state index contributed by atoms with van der Waals surface area (Å²) >= 11 is 1.53. The number of nitrogens with zero attached hydrogens (tertiary/aromatic N) is 4. The number of hydrogen-bond donors (Lipinski definition) is 0. The summed E-state index contributed by atoms with van der Waals surface area (Å²) in [5.74, 6) is 1.17. The van der Waals surface area contributed by atoms with E-state index in [4.69, 9.17) is 10.00 Å². The molecule has 0 aliphatic rings. The summed E-state index contributed by atoms with van der Waals surface area (Å²) in [6.45, 7) is 4.40. The van der Waals surface area contributed by atoms with E-state index in [9.17, 15) is 4.39 Å². The van der Waals surface area contributed by atoms with Crippen LogP contribution in [0.3, 0.4) is 0 Å². The van der Waals surface area contributed by atoms with Gasteiger partial charge in [-0.05, 0) is 18.6 Å². The molecule has 0 N–H and O–H groups in total. The quantitative estimate of drug-likeness (QED) is 0.399. The van der Waals surface area contributed by atoms with Crippen molar-refractivity contribution in [3.8, 4) is 11.8 Å². The first kappa shape index (κ1) is 17.0. The lowest BCUT2D eigenvalue weighted by molar-refractivity contribution is 0.275. The van der Waals surface area contributed by atoms with Crippen molar-refractivity contribution in [2.45, 2.75) is 31.1 Å². The highest BCUT2D eigenvalue weighted by atomic mass is 32.2. The highest BCUT2D eigenvalue weighted by Crippen LogP contribution is 2.21. The van der Waals surface area contributed by atoms with Crippen LogP contribution in [-0.2, 0) is 13.2 Å². The molecule has 0 amide bonds. The zero-order valence-corrected chi connectivity index (χ0v) is 13.4. The zero-order chi connectivity index (χ0) is 16.5. The number of unbranched alkanes of at least 4 members (excludes halogenated alkanes) is 1. The van der Waals surface area contributed by atoms with Gasteiger partial charge >= 0.3 is 0 Å². The van der Waals surface area contributed by atoms with Gasteiger partial charge in [0, 0.05) is 18.7 Å². The van der Waals surface area contributed by atoms with Crippen LogP contribution >= 0.6 is 11.8 Å². The smallest absolute Gasteiger partial charge is 0.191 e. The van der Waals surface area contributed by atoms with Crippen LogP contribution in [0, 0.1) is 17.1 Å². The molecule has 23 heavy (non-hydrogen) atoms. The maximum absolute atomic E-state index is 13.6. The molecule has 0 fully saturated rings. The van der Waals surface area contributed by atoms with Gasteiger partial charge in [-0.3, -0.25) is 4.57 Å². The second-order valence-corrected chi connectivity index (χ2v) is 5.69. The van der Waals surface area contributed by atoms with Crippen molar-refractivity contribution in [1.29, 1.82) is 5.26 Å². The van der Waals surface area contributed by atoms with Crippen molar-refractivity contribution in [3.63, 3.8) is 0 Å². The average Bonchev–Trinajstić information content (AvgIpc) is 2.93. The summed E-state index contributed by atoms with van der Waals surface area (Å²) in [6.07, 6.45) is 3.06. The summed E-state index contributed by atoms with van der Waals surface area (Å²) in [7, 11) is 0. The van der Waals surface area contributed by atoms with E-state index in [0.717, 1.165) is 17.3 Å². The van der Waals surface area contributed by atoms with E-state index in [1.165, 1.54) is 17.8 Å². The highest BCUT2D eigenvalue weighted by molar-refractivity contribution is 7.99. The molecular formula is C16H17FN4OS.